The van der Waals surface area contributed by atoms with Crippen LogP contribution in [0.15, 0.2) is 28.9 Å². The zero-order chi connectivity index (χ0) is 13.8. The third kappa shape index (κ3) is 3.54. The van der Waals surface area contributed by atoms with Gasteiger partial charge in [0.15, 0.2) is 0 Å². The van der Waals surface area contributed by atoms with Crippen molar-refractivity contribution in [3.05, 3.63) is 40.4 Å². The van der Waals surface area contributed by atoms with E-state index in [9.17, 15) is 4.39 Å². The van der Waals surface area contributed by atoms with Crippen LogP contribution in [0.3, 0.4) is 0 Å². The molecule has 0 aliphatic rings. The molecule has 0 aliphatic carbocycles. The monoisotopic (exact) mass is 327 g/mol. The van der Waals surface area contributed by atoms with E-state index in [0.29, 0.717) is 23.6 Å². The highest BCUT2D eigenvalue weighted by atomic mass is 79.9. The average Bonchev–Trinajstić information content (AvgIpc) is 2.71. The van der Waals surface area contributed by atoms with Crippen molar-refractivity contribution in [1.82, 2.24) is 9.55 Å². The topological polar surface area (TPSA) is 39.1 Å². The molecule has 0 radical (unpaired) electrons. The molecule has 19 heavy (non-hydrogen) atoms. The summed E-state index contributed by atoms with van der Waals surface area (Å²) in [5.41, 5.74) is 1.69. The molecule has 4 nitrogen and oxygen atoms in total. The Labute approximate surface area is 119 Å². The van der Waals surface area contributed by atoms with Crippen molar-refractivity contribution in [1.29, 1.82) is 0 Å². The van der Waals surface area contributed by atoms with Gasteiger partial charge in [-0.3, -0.25) is 0 Å². The molecule has 0 atom stereocenters. The van der Waals surface area contributed by atoms with E-state index >= 15 is 0 Å². The van der Waals surface area contributed by atoms with Gasteiger partial charge in [0.05, 0.1) is 16.8 Å². The first-order valence-corrected chi connectivity index (χ1v) is 6.64. The summed E-state index contributed by atoms with van der Waals surface area (Å²) in [7, 11) is 1.66. The maximum atomic E-state index is 13.2. The fraction of sp³-hybridized carbons (Fsp3) is 0.308. The summed E-state index contributed by atoms with van der Waals surface area (Å²) in [6.07, 6.45) is 1.94. The fourth-order valence-electron chi connectivity index (χ4n) is 1.71. The molecule has 0 amide bonds. The van der Waals surface area contributed by atoms with Gasteiger partial charge in [-0.2, -0.15) is 0 Å². The van der Waals surface area contributed by atoms with Gasteiger partial charge in [0.2, 0.25) is 5.95 Å². The fourth-order valence-corrected chi connectivity index (χ4v) is 2.09. The van der Waals surface area contributed by atoms with Gasteiger partial charge in [0.1, 0.15) is 5.82 Å². The highest BCUT2D eigenvalue weighted by molar-refractivity contribution is 9.10. The summed E-state index contributed by atoms with van der Waals surface area (Å²) < 4.78 is 20.6. The number of halogens is 2. The Hall–Kier alpha value is -1.40. The molecule has 0 fully saturated rings. The molecular weight excluding hydrogens is 313 g/mol. The summed E-state index contributed by atoms with van der Waals surface area (Å²) in [4.78, 5) is 4.40. The summed E-state index contributed by atoms with van der Waals surface area (Å²) in [6, 6.07) is 4.76. The second-order valence-corrected chi connectivity index (χ2v) is 5.00. The van der Waals surface area contributed by atoms with Crippen molar-refractivity contribution in [3.8, 4) is 0 Å². The van der Waals surface area contributed by atoms with Crippen LogP contribution >= 0.6 is 15.9 Å². The number of ether oxygens (including phenoxy) is 1. The molecule has 6 heteroatoms. The quantitative estimate of drug-likeness (QED) is 0.913. The first-order valence-electron chi connectivity index (χ1n) is 5.85. The molecule has 2 aromatic rings. The molecule has 1 aromatic heterocycles. The van der Waals surface area contributed by atoms with Crippen LogP contribution in [0.2, 0.25) is 0 Å². The number of nitrogens with one attached hydrogen (secondary N) is 1. The number of hydrogen-bond acceptors (Lipinski definition) is 3. The maximum absolute atomic E-state index is 13.2. The van der Waals surface area contributed by atoms with Gasteiger partial charge in [0, 0.05) is 25.5 Å². The van der Waals surface area contributed by atoms with E-state index in [0.717, 1.165) is 11.4 Å². The molecule has 1 heterocycles. The van der Waals surface area contributed by atoms with Gasteiger partial charge in [-0.15, -0.1) is 0 Å². The van der Waals surface area contributed by atoms with E-state index in [-0.39, 0.29) is 5.82 Å². The normalized spacial score (nSPS) is 10.7. The van der Waals surface area contributed by atoms with Crippen LogP contribution in [0.25, 0.3) is 0 Å². The molecule has 0 aliphatic heterocycles. The van der Waals surface area contributed by atoms with Crippen LogP contribution in [0.1, 0.15) is 5.69 Å². The average molecular weight is 328 g/mol. The van der Waals surface area contributed by atoms with E-state index in [1.807, 2.05) is 17.7 Å². The predicted octanol–water partition coefficient (Wildman–Crippen LogP) is 3.48. The zero-order valence-corrected chi connectivity index (χ0v) is 12.4. The van der Waals surface area contributed by atoms with Crippen molar-refractivity contribution in [2.24, 2.45) is 0 Å². The lowest BCUT2D eigenvalue weighted by molar-refractivity contribution is 0.188. The van der Waals surface area contributed by atoms with E-state index in [2.05, 4.69) is 26.2 Å². The van der Waals surface area contributed by atoms with Crippen LogP contribution in [0.4, 0.5) is 16.0 Å². The van der Waals surface area contributed by atoms with Gasteiger partial charge in [-0.25, -0.2) is 9.37 Å². The number of anilines is 2. The first-order chi connectivity index (χ1) is 9.10. The molecule has 102 valence electrons. The lowest BCUT2D eigenvalue weighted by atomic mass is 10.3. The summed E-state index contributed by atoms with van der Waals surface area (Å²) in [5, 5.41) is 3.17. The second kappa shape index (κ2) is 6.16. The lowest BCUT2D eigenvalue weighted by Crippen LogP contribution is -2.07. The maximum Gasteiger partial charge on any atom is 0.207 e. The predicted molar refractivity (Wildman–Crippen MR) is 76.2 cm³/mol. The summed E-state index contributed by atoms with van der Waals surface area (Å²) in [5.74, 6) is 0.428. The Kier molecular flexibility index (Phi) is 4.55. The molecule has 0 unspecified atom stereocenters. The minimum atomic E-state index is -0.288. The molecule has 0 saturated carbocycles. The molecule has 1 aromatic carbocycles. The number of methoxy groups -OCH3 is 1. The number of nitrogens with zero attached hydrogens (tertiary/aromatic N) is 2. The summed E-state index contributed by atoms with van der Waals surface area (Å²) in [6.45, 7) is 3.24. The minimum Gasteiger partial charge on any atom is -0.383 e. The van der Waals surface area contributed by atoms with Crippen molar-refractivity contribution in [3.63, 3.8) is 0 Å². The van der Waals surface area contributed by atoms with Gasteiger partial charge >= 0.3 is 0 Å². The number of aromatic nitrogens is 2. The van der Waals surface area contributed by atoms with Gasteiger partial charge < -0.3 is 14.6 Å². The van der Waals surface area contributed by atoms with Crippen LogP contribution in [0.5, 0.6) is 0 Å². The van der Waals surface area contributed by atoms with E-state index in [4.69, 9.17) is 4.74 Å². The van der Waals surface area contributed by atoms with E-state index in [1.165, 1.54) is 6.07 Å². The second-order valence-electron chi connectivity index (χ2n) is 4.15. The van der Waals surface area contributed by atoms with Gasteiger partial charge in [0.25, 0.3) is 0 Å². The first kappa shape index (κ1) is 14.0. The van der Waals surface area contributed by atoms with E-state index < -0.39 is 0 Å². The molecule has 0 saturated heterocycles. The Morgan fingerprint density at radius 1 is 1.47 bits per heavy atom. The van der Waals surface area contributed by atoms with Crippen LogP contribution in [-0.4, -0.2) is 23.3 Å². The molecule has 0 spiro atoms. The molecular formula is C13H15BrFN3O. The Morgan fingerprint density at radius 3 is 2.95 bits per heavy atom. The van der Waals surface area contributed by atoms with Crippen molar-refractivity contribution < 1.29 is 9.13 Å². The third-order valence-electron chi connectivity index (χ3n) is 2.61. The number of hydrogen-bond donors (Lipinski definition) is 1. The Morgan fingerprint density at radius 2 is 2.26 bits per heavy atom. The Balaban J connectivity index is 2.19. The van der Waals surface area contributed by atoms with Crippen LogP contribution in [-0.2, 0) is 11.3 Å². The number of aryl methyl sites for hydroxylation is 1. The molecule has 0 bridgehead atoms. The number of rotatable bonds is 5. The minimum absolute atomic E-state index is 0.288. The number of imidazole rings is 1. The van der Waals surface area contributed by atoms with Crippen molar-refractivity contribution in [2.75, 3.05) is 19.0 Å². The van der Waals surface area contributed by atoms with Crippen molar-refractivity contribution in [2.45, 2.75) is 13.5 Å². The van der Waals surface area contributed by atoms with Crippen LogP contribution < -0.4 is 5.32 Å². The van der Waals surface area contributed by atoms with Gasteiger partial charge in [-0.1, -0.05) is 0 Å². The standard InChI is InChI=1S/C13H15BrFN3O/c1-9-8-18(5-6-19-2)13(16-9)17-10-3-4-12(15)11(14)7-10/h3-4,7-8H,5-6H2,1-2H3,(H,16,17). The molecule has 1 N–H and O–H groups in total. The smallest absolute Gasteiger partial charge is 0.207 e. The highest BCUT2D eigenvalue weighted by Gasteiger charge is 2.07. The molecule has 2 rings (SSSR count). The highest BCUT2D eigenvalue weighted by Crippen LogP contribution is 2.23. The summed E-state index contributed by atoms with van der Waals surface area (Å²) >= 11 is 3.16. The lowest BCUT2D eigenvalue weighted by Gasteiger charge is -2.09. The van der Waals surface area contributed by atoms with Crippen LogP contribution in [0, 0.1) is 12.7 Å². The van der Waals surface area contributed by atoms with Crippen molar-refractivity contribution >= 4 is 27.6 Å². The zero-order valence-electron chi connectivity index (χ0n) is 10.8. The largest absolute Gasteiger partial charge is 0.383 e. The Bertz CT molecular complexity index is 571. The third-order valence-corrected chi connectivity index (χ3v) is 3.22. The SMILES string of the molecule is COCCn1cc(C)nc1Nc1ccc(F)c(Br)c1. The number of benzene rings is 1. The van der Waals surface area contributed by atoms with E-state index in [1.54, 1.807) is 19.2 Å². The van der Waals surface area contributed by atoms with Gasteiger partial charge in [-0.05, 0) is 41.1 Å².